The number of rotatable bonds is 3. The number of carbonyl (C=O) groups excluding carboxylic acids is 1. The summed E-state index contributed by atoms with van der Waals surface area (Å²) in [7, 11) is 0. The van der Waals surface area contributed by atoms with Gasteiger partial charge in [0.2, 0.25) is 0 Å². The second-order valence-corrected chi connectivity index (χ2v) is 4.33. The number of hydrogen-bond acceptors (Lipinski definition) is 3. The van der Waals surface area contributed by atoms with Crippen LogP contribution in [0.1, 0.15) is 34.4 Å². The first-order valence-electron chi connectivity index (χ1n) is 6.05. The van der Waals surface area contributed by atoms with E-state index in [4.69, 9.17) is 4.42 Å². The summed E-state index contributed by atoms with van der Waals surface area (Å²) in [6.45, 7) is 5.59. The summed E-state index contributed by atoms with van der Waals surface area (Å²) in [6.07, 6.45) is 0. The molecule has 0 spiro atoms. The van der Waals surface area contributed by atoms with Crippen LogP contribution in [-0.4, -0.2) is 11.6 Å². The predicted molar refractivity (Wildman–Crippen MR) is 74.3 cm³/mol. The van der Waals surface area contributed by atoms with Crippen LogP contribution < -0.4 is 5.43 Å². The summed E-state index contributed by atoms with van der Waals surface area (Å²) in [5.41, 5.74) is 4.75. The smallest absolute Gasteiger partial charge is 0.271 e. The molecule has 0 saturated heterocycles. The molecule has 0 unspecified atom stereocenters. The van der Waals surface area contributed by atoms with Gasteiger partial charge in [0.15, 0.2) is 0 Å². The van der Waals surface area contributed by atoms with E-state index in [2.05, 4.69) is 10.5 Å². The zero-order valence-corrected chi connectivity index (χ0v) is 11.2. The van der Waals surface area contributed by atoms with Crippen LogP contribution in [0.3, 0.4) is 0 Å². The van der Waals surface area contributed by atoms with Crippen molar-refractivity contribution in [3.63, 3.8) is 0 Å². The minimum absolute atomic E-state index is 0.224. The lowest BCUT2D eigenvalue weighted by atomic mass is 10.2. The Balaban J connectivity index is 2.11. The van der Waals surface area contributed by atoms with Crippen LogP contribution in [0.4, 0.5) is 0 Å². The molecule has 0 aliphatic rings. The van der Waals surface area contributed by atoms with Crippen LogP contribution in [0.25, 0.3) is 0 Å². The third-order valence-corrected chi connectivity index (χ3v) is 2.79. The maximum absolute atomic E-state index is 11.8. The number of nitrogens with one attached hydrogen (secondary N) is 1. The second-order valence-electron chi connectivity index (χ2n) is 4.33. The Morgan fingerprint density at radius 3 is 2.47 bits per heavy atom. The van der Waals surface area contributed by atoms with E-state index < -0.39 is 0 Å². The molecule has 2 aromatic rings. The van der Waals surface area contributed by atoms with E-state index in [1.54, 1.807) is 12.1 Å². The molecule has 1 amide bonds. The summed E-state index contributed by atoms with van der Waals surface area (Å²) in [5, 5.41) is 4.10. The van der Waals surface area contributed by atoms with E-state index in [1.165, 1.54) is 0 Å². The monoisotopic (exact) mass is 256 g/mol. The highest BCUT2D eigenvalue weighted by molar-refractivity contribution is 6.01. The molecule has 1 N–H and O–H groups in total. The van der Waals surface area contributed by atoms with Crippen molar-refractivity contribution in [1.82, 2.24) is 5.43 Å². The molecular formula is C15H16N2O2. The van der Waals surface area contributed by atoms with Crippen molar-refractivity contribution in [3.05, 3.63) is 59.0 Å². The fourth-order valence-electron chi connectivity index (χ4n) is 1.84. The third kappa shape index (κ3) is 3.10. The lowest BCUT2D eigenvalue weighted by Crippen LogP contribution is -2.19. The Labute approximate surface area is 112 Å². The first-order valence-corrected chi connectivity index (χ1v) is 6.05. The van der Waals surface area contributed by atoms with Gasteiger partial charge in [0.05, 0.1) is 5.71 Å². The van der Waals surface area contributed by atoms with Crippen molar-refractivity contribution in [2.45, 2.75) is 20.8 Å². The number of carbonyl (C=O) groups is 1. The third-order valence-electron chi connectivity index (χ3n) is 2.79. The van der Waals surface area contributed by atoms with Crippen LogP contribution >= 0.6 is 0 Å². The van der Waals surface area contributed by atoms with Crippen molar-refractivity contribution in [3.8, 4) is 0 Å². The fourth-order valence-corrected chi connectivity index (χ4v) is 1.84. The second kappa shape index (κ2) is 5.52. The molecule has 19 heavy (non-hydrogen) atoms. The lowest BCUT2D eigenvalue weighted by Gasteiger charge is -2.01. The molecule has 0 aliphatic heterocycles. The summed E-state index contributed by atoms with van der Waals surface area (Å²) < 4.78 is 5.43. The normalized spacial score (nSPS) is 11.4. The Bertz CT molecular complexity index is 612. The van der Waals surface area contributed by atoms with Crippen LogP contribution in [0.2, 0.25) is 0 Å². The number of hydrogen-bond donors (Lipinski definition) is 1. The van der Waals surface area contributed by atoms with Crippen molar-refractivity contribution in [2.24, 2.45) is 5.10 Å². The number of aryl methyl sites for hydroxylation is 2. The van der Waals surface area contributed by atoms with Gasteiger partial charge in [-0.25, -0.2) is 5.43 Å². The predicted octanol–water partition coefficient (Wildman–Crippen LogP) is 3.05. The van der Waals surface area contributed by atoms with Gasteiger partial charge in [-0.05, 0) is 39.0 Å². The molecule has 1 aromatic carbocycles. The van der Waals surface area contributed by atoms with Crippen molar-refractivity contribution in [2.75, 3.05) is 0 Å². The number of nitrogens with zero attached hydrogens (tertiary/aromatic N) is 1. The molecule has 0 fully saturated rings. The maximum Gasteiger partial charge on any atom is 0.271 e. The van der Waals surface area contributed by atoms with Gasteiger partial charge in [-0.15, -0.1) is 0 Å². The van der Waals surface area contributed by atoms with Crippen molar-refractivity contribution >= 4 is 11.6 Å². The van der Waals surface area contributed by atoms with Crippen LogP contribution in [-0.2, 0) is 0 Å². The minimum atomic E-state index is -0.224. The van der Waals surface area contributed by atoms with E-state index in [-0.39, 0.29) is 5.91 Å². The van der Waals surface area contributed by atoms with Gasteiger partial charge in [0, 0.05) is 11.1 Å². The molecule has 0 aliphatic carbocycles. The average Bonchev–Trinajstić information content (AvgIpc) is 2.75. The largest absolute Gasteiger partial charge is 0.466 e. The zero-order valence-electron chi connectivity index (χ0n) is 11.2. The molecule has 4 heteroatoms. The van der Waals surface area contributed by atoms with Crippen LogP contribution in [0, 0.1) is 13.8 Å². The molecule has 98 valence electrons. The van der Waals surface area contributed by atoms with Gasteiger partial charge >= 0.3 is 0 Å². The van der Waals surface area contributed by atoms with Gasteiger partial charge in [0.1, 0.15) is 11.5 Å². The Hall–Kier alpha value is -2.36. The topological polar surface area (TPSA) is 54.6 Å². The standard InChI is InChI=1S/C15H16N2O2/c1-10-9-14(12(3)19-10)11(2)16-17-15(18)13-7-5-4-6-8-13/h4-9H,1-3H3,(H,17,18)/b16-11-. The SMILES string of the molecule is C/C(=N/NC(=O)c1ccccc1)c1cc(C)oc1C. The summed E-state index contributed by atoms with van der Waals surface area (Å²) in [5.74, 6) is 1.40. The van der Waals surface area contributed by atoms with Gasteiger partial charge in [-0.3, -0.25) is 4.79 Å². The highest BCUT2D eigenvalue weighted by Gasteiger charge is 2.08. The molecule has 2 rings (SSSR count). The summed E-state index contributed by atoms with van der Waals surface area (Å²) in [6, 6.07) is 10.9. The summed E-state index contributed by atoms with van der Waals surface area (Å²) >= 11 is 0. The molecule has 0 bridgehead atoms. The molecule has 0 radical (unpaired) electrons. The molecule has 0 saturated carbocycles. The van der Waals surface area contributed by atoms with E-state index >= 15 is 0 Å². The quantitative estimate of drug-likeness (QED) is 0.677. The minimum Gasteiger partial charge on any atom is -0.466 e. The van der Waals surface area contributed by atoms with E-state index in [0.29, 0.717) is 5.56 Å². The van der Waals surface area contributed by atoms with Gasteiger partial charge in [-0.1, -0.05) is 18.2 Å². The zero-order chi connectivity index (χ0) is 13.8. The Morgan fingerprint density at radius 1 is 1.21 bits per heavy atom. The average molecular weight is 256 g/mol. The van der Waals surface area contributed by atoms with Crippen molar-refractivity contribution in [1.29, 1.82) is 0 Å². The highest BCUT2D eigenvalue weighted by atomic mass is 16.3. The van der Waals surface area contributed by atoms with Gasteiger partial charge in [-0.2, -0.15) is 5.10 Å². The molecular weight excluding hydrogens is 240 g/mol. The fraction of sp³-hybridized carbons (Fsp3) is 0.200. The van der Waals surface area contributed by atoms with E-state index in [0.717, 1.165) is 22.8 Å². The highest BCUT2D eigenvalue weighted by Crippen LogP contribution is 2.14. The Morgan fingerprint density at radius 2 is 1.89 bits per heavy atom. The number of hydrazone groups is 1. The molecule has 1 heterocycles. The molecule has 4 nitrogen and oxygen atoms in total. The molecule has 1 aromatic heterocycles. The summed E-state index contributed by atoms with van der Waals surface area (Å²) in [4.78, 5) is 11.8. The molecule has 0 atom stereocenters. The first kappa shape index (κ1) is 13.1. The maximum atomic E-state index is 11.8. The van der Waals surface area contributed by atoms with E-state index in [1.807, 2.05) is 45.0 Å². The Kier molecular flexibility index (Phi) is 3.80. The van der Waals surface area contributed by atoms with Crippen LogP contribution in [0.5, 0.6) is 0 Å². The van der Waals surface area contributed by atoms with Crippen LogP contribution in [0.15, 0.2) is 45.9 Å². The van der Waals surface area contributed by atoms with Gasteiger partial charge < -0.3 is 4.42 Å². The van der Waals surface area contributed by atoms with Crippen molar-refractivity contribution < 1.29 is 9.21 Å². The van der Waals surface area contributed by atoms with Gasteiger partial charge in [0.25, 0.3) is 5.91 Å². The first-order chi connectivity index (χ1) is 9.08. The lowest BCUT2D eigenvalue weighted by molar-refractivity contribution is 0.0955. The number of benzene rings is 1. The number of amides is 1. The van der Waals surface area contributed by atoms with E-state index in [9.17, 15) is 4.79 Å². The number of furan rings is 1.